The average molecular weight is 530 g/mol. The minimum Gasteiger partial charge on any atom is -0.273 e. The van der Waals surface area contributed by atoms with Crippen LogP contribution >= 0.6 is 39.1 Å². The molecule has 5 nitrogen and oxygen atoms in total. The SMILES string of the molecule is O=C1NC(=O)N(c2ccccc2Cl)C(=O)/C1=C/c1ccc(Cc2ccccc2Br)c(Cl)c1. The Morgan fingerprint density at radius 3 is 2.31 bits per heavy atom. The number of hydrogen-bond donors (Lipinski definition) is 1. The lowest BCUT2D eigenvalue weighted by atomic mass is 10.0. The van der Waals surface area contributed by atoms with Crippen molar-refractivity contribution in [2.45, 2.75) is 6.42 Å². The van der Waals surface area contributed by atoms with Gasteiger partial charge in [-0.15, -0.1) is 0 Å². The van der Waals surface area contributed by atoms with Crippen molar-refractivity contribution in [2.75, 3.05) is 4.90 Å². The number of carbonyl (C=O) groups is 3. The van der Waals surface area contributed by atoms with E-state index < -0.39 is 17.8 Å². The summed E-state index contributed by atoms with van der Waals surface area (Å²) in [5.74, 6) is -1.54. The molecule has 0 radical (unpaired) electrons. The maximum Gasteiger partial charge on any atom is 0.335 e. The van der Waals surface area contributed by atoms with Gasteiger partial charge in [0.05, 0.1) is 10.7 Å². The maximum atomic E-state index is 13.0. The summed E-state index contributed by atoms with van der Waals surface area (Å²) in [6.07, 6.45) is 2.02. The molecule has 4 rings (SSSR count). The summed E-state index contributed by atoms with van der Waals surface area (Å²) in [4.78, 5) is 38.6. The maximum absolute atomic E-state index is 13.0. The van der Waals surface area contributed by atoms with E-state index in [4.69, 9.17) is 23.2 Å². The Morgan fingerprint density at radius 1 is 0.875 bits per heavy atom. The van der Waals surface area contributed by atoms with Gasteiger partial charge in [-0.2, -0.15) is 0 Å². The second-order valence-corrected chi connectivity index (χ2v) is 8.70. The number of carbonyl (C=O) groups excluding carboxylic acids is 3. The molecule has 0 aromatic heterocycles. The third kappa shape index (κ3) is 4.48. The van der Waals surface area contributed by atoms with Gasteiger partial charge in [0.1, 0.15) is 5.57 Å². The first-order valence-electron chi connectivity index (χ1n) is 9.53. The molecule has 8 heteroatoms. The Morgan fingerprint density at radius 2 is 1.59 bits per heavy atom. The first-order valence-corrected chi connectivity index (χ1v) is 11.1. The van der Waals surface area contributed by atoms with Crippen molar-refractivity contribution in [3.05, 3.63) is 104 Å². The van der Waals surface area contributed by atoms with Gasteiger partial charge in [0, 0.05) is 15.9 Å². The van der Waals surface area contributed by atoms with Gasteiger partial charge in [-0.05, 0) is 47.0 Å². The average Bonchev–Trinajstić information content (AvgIpc) is 2.75. The number of halogens is 3. The summed E-state index contributed by atoms with van der Waals surface area (Å²) in [6, 6.07) is 18.7. The predicted octanol–water partition coefficient (Wildman–Crippen LogP) is 6.01. The highest BCUT2D eigenvalue weighted by molar-refractivity contribution is 9.10. The van der Waals surface area contributed by atoms with E-state index in [9.17, 15) is 14.4 Å². The highest BCUT2D eigenvalue weighted by Gasteiger charge is 2.37. The van der Waals surface area contributed by atoms with Gasteiger partial charge in [-0.1, -0.05) is 81.6 Å². The fourth-order valence-electron chi connectivity index (χ4n) is 3.32. The number of rotatable bonds is 4. The van der Waals surface area contributed by atoms with E-state index in [1.807, 2.05) is 30.3 Å². The first-order chi connectivity index (χ1) is 15.3. The quantitative estimate of drug-likeness (QED) is 0.332. The highest BCUT2D eigenvalue weighted by atomic mass is 79.9. The van der Waals surface area contributed by atoms with Crippen molar-refractivity contribution in [3.8, 4) is 0 Å². The minimum absolute atomic E-state index is 0.192. The summed E-state index contributed by atoms with van der Waals surface area (Å²) in [5.41, 5.74) is 2.53. The molecule has 3 aromatic carbocycles. The van der Waals surface area contributed by atoms with Crippen LogP contribution in [0.25, 0.3) is 6.08 Å². The van der Waals surface area contributed by atoms with Crippen molar-refractivity contribution in [1.82, 2.24) is 5.32 Å². The monoisotopic (exact) mass is 528 g/mol. The molecule has 1 aliphatic heterocycles. The molecule has 0 aliphatic carbocycles. The fraction of sp³-hybridized carbons (Fsp3) is 0.0417. The van der Waals surface area contributed by atoms with Gasteiger partial charge in [0.2, 0.25) is 0 Å². The summed E-state index contributed by atoms with van der Waals surface area (Å²) in [7, 11) is 0. The molecule has 32 heavy (non-hydrogen) atoms. The lowest BCUT2D eigenvalue weighted by Gasteiger charge is -2.27. The molecule has 4 amide bonds. The zero-order valence-electron chi connectivity index (χ0n) is 16.4. The Bertz CT molecular complexity index is 1290. The predicted molar refractivity (Wildman–Crippen MR) is 129 cm³/mol. The summed E-state index contributed by atoms with van der Waals surface area (Å²) in [5, 5.41) is 2.89. The second kappa shape index (κ2) is 9.28. The number of para-hydroxylation sites is 1. The second-order valence-electron chi connectivity index (χ2n) is 7.03. The number of imide groups is 2. The summed E-state index contributed by atoms with van der Waals surface area (Å²) >= 11 is 16.2. The fourth-order valence-corrected chi connectivity index (χ4v) is 4.22. The van der Waals surface area contributed by atoms with Crippen LogP contribution in [0, 0.1) is 0 Å². The van der Waals surface area contributed by atoms with Crippen LogP contribution in [0.5, 0.6) is 0 Å². The van der Waals surface area contributed by atoms with E-state index in [1.54, 1.807) is 30.3 Å². The Balaban J connectivity index is 1.65. The van der Waals surface area contributed by atoms with Gasteiger partial charge in [0.25, 0.3) is 11.8 Å². The van der Waals surface area contributed by atoms with Crippen molar-refractivity contribution in [2.24, 2.45) is 0 Å². The van der Waals surface area contributed by atoms with E-state index in [0.717, 1.165) is 20.5 Å². The van der Waals surface area contributed by atoms with Crippen LogP contribution < -0.4 is 10.2 Å². The topological polar surface area (TPSA) is 66.5 Å². The molecule has 0 bridgehead atoms. The van der Waals surface area contributed by atoms with Gasteiger partial charge in [-0.25, -0.2) is 9.69 Å². The van der Waals surface area contributed by atoms with Crippen molar-refractivity contribution in [1.29, 1.82) is 0 Å². The van der Waals surface area contributed by atoms with Crippen molar-refractivity contribution >= 4 is 68.7 Å². The highest BCUT2D eigenvalue weighted by Crippen LogP contribution is 2.30. The van der Waals surface area contributed by atoms with Crippen LogP contribution in [0.1, 0.15) is 16.7 Å². The molecule has 0 atom stereocenters. The standard InChI is InChI=1S/C24H15BrCl2N2O3/c25-18-6-2-1-5-15(18)13-16-10-9-14(12-20(16)27)11-17-22(30)28-24(32)29(23(17)31)21-8-4-3-7-19(21)26/h1-12H,13H2,(H,28,30,32)/b17-11+. The Kier molecular flexibility index (Phi) is 6.46. The van der Waals surface area contributed by atoms with Crippen molar-refractivity contribution in [3.63, 3.8) is 0 Å². The molecule has 0 spiro atoms. The van der Waals surface area contributed by atoms with Crippen molar-refractivity contribution < 1.29 is 14.4 Å². The number of nitrogens with zero attached hydrogens (tertiary/aromatic N) is 1. The number of barbiturate groups is 1. The number of urea groups is 1. The third-order valence-electron chi connectivity index (χ3n) is 4.92. The molecular formula is C24H15BrCl2N2O3. The van der Waals surface area contributed by atoms with Crippen LogP contribution in [0.2, 0.25) is 10.0 Å². The molecular weight excluding hydrogens is 515 g/mol. The minimum atomic E-state index is -0.855. The van der Waals surface area contributed by atoms with Crippen LogP contribution in [0.3, 0.4) is 0 Å². The number of anilines is 1. The molecule has 160 valence electrons. The molecule has 1 N–H and O–H groups in total. The van der Waals surface area contributed by atoms with Gasteiger partial charge >= 0.3 is 6.03 Å². The summed E-state index contributed by atoms with van der Waals surface area (Å²) in [6.45, 7) is 0. The van der Waals surface area contributed by atoms with Crippen LogP contribution in [0.4, 0.5) is 10.5 Å². The molecule has 0 unspecified atom stereocenters. The van der Waals surface area contributed by atoms with E-state index in [2.05, 4.69) is 21.2 Å². The largest absolute Gasteiger partial charge is 0.335 e. The number of nitrogens with one attached hydrogen (secondary N) is 1. The zero-order chi connectivity index (χ0) is 22.8. The third-order valence-corrected chi connectivity index (χ3v) is 6.37. The number of hydrogen-bond acceptors (Lipinski definition) is 3. The molecule has 1 fully saturated rings. The molecule has 1 saturated heterocycles. The molecule has 0 saturated carbocycles. The zero-order valence-corrected chi connectivity index (χ0v) is 19.5. The molecule has 3 aromatic rings. The van der Waals surface area contributed by atoms with Crippen LogP contribution in [0.15, 0.2) is 76.8 Å². The number of benzene rings is 3. The lowest BCUT2D eigenvalue weighted by molar-refractivity contribution is -0.122. The number of amides is 4. The smallest absolute Gasteiger partial charge is 0.273 e. The van der Waals surface area contributed by atoms with E-state index >= 15 is 0 Å². The summed E-state index contributed by atoms with van der Waals surface area (Å²) < 4.78 is 0.982. The Hall–Kier alpha value is -2.93. The van der Waals surface area contributed by atoms with Gasteiger partial charge < -0.3 is 0 Å². The van der Waals surface area contributed by atoms with E-state index in [1.165, 1.54) is 12.1 Å². The van der Waals surface area contributed by atoms with Crippen LogP contribution in [-0.2, 0) is 16.0 Å². The lowest BCUT2D eigenvalue weighted by Crippen LogP contribution is -2.54. The van der Waals surface area contributed by atoms with E-state index in [0.29, 0.717) is 17.0 Å². The molecule has 1 aliphatic rings. The first kappa shape index (κ1) is 22.3. The molecule has 1 heterocycles. The van der Waals surface area contributed by atoms with Crippen LogP contribution in [-0.4, -0.2) is 17.8 Å². The Labute approximate surface area is 202 Å². The van der Waals surface area contributed by atoms with Gasteiger partial charge in [0.15, 0.2) is 0 Å². The van der Waals surface area contributed by atoms with Gasteiger partial charge in [-0.3, -0.25) is 14.9 Å². The normalized spacial score (nSPS) is 15.3. The van der Waals surface area contributed by atoms with E-state index in [-0.39, 0.29) is 16.3 Å².